The van der Waals surface area contributed by atoms with Crippen molar-refractivity contribution in [3.8, 4) is 5.75 Å². The molecule has 2 rings (SSSR count). The molecule has 2 aromatic rings. The van der Waals surface area contributed by atoms with Gasteiger partial charge in [0.25, 0.3) is 5.91 Å². The molecule has 1 atom stereocenters. The van der Waals surface area contributed by atoms with Crippen LogP contribution in [0, 0.1) is 0 Å². The molecule has 2 aromatic carbocycles. The van der Waals surface area contributed by atoms with Gasteiger partial charge in [0.2, 0.25) is 0 Å². The predicted octanol–water partition coefficient (Wildman–Crippen LogP) is 2.80. The smallest absolute Gasteiger partial charge is 0.412 e. The molecule has 8 heteroatoms. The van der Waals surface area contributed by atoms with E-state index in [-0.39, 0.29) is 19.6 Å². The van der Waals surface area contributed by atoms with Crippen LogP contribution in [-0.2, 0) is 9.53 Å². The molecule has 0 bridgehead atoms. The molecule has 0 fully saturated rings. The molecule has 0 aliphatic rings. The number of nitrogens with one attached hydrogen (secondary N) is 2. The van der Waals surface area contributed by atoms with E-state index in [1.54, 1.807) is 48.5 Å². The maximum Gasteiger partial charge on any atom is 0.412 e. The SMILES string of the molecule is O=C(/C=C/C[C@H](OC(=O)Nc1ccccc1)c1ccc(OCCO)cc1)NO. The van der Waals surface area contributed by atoms with Crippen molar-refractivity contribution >= 4 is 17.7 Å². The Morgan fingerprint density at radius 2 is 1.79 bits per heavy atom. The number of rotatable bonds is 9. The van der Waals surface area contributed by atoms with Crippen LogP contribution in [0.25, 0.3) is 0 Å². The van der Waals surface area contributed by atoms with Crippen molar-refractivity contribution in [3.05, 3.63) is 72.3 Å². The van der Waals surface area contributed by atoms with E-state index in [0.717, 1.165) is 6.08 Å². The fraction of sp³-hybridized carbons (Fsp3) is 0.200. The average Bonchev–Trinajstić information content (AvgIpc) is 2.72. The lowest BCUT2D eigenvalue weighted by Gasteiger charge is -2.18. The van der Waals surface area contributed by atoms with E-state index in [0.29, 0.717) is 17.0 Å². The molecule has 0 aliphatic carbocycles. The first-order valence-corrected chi connectivity index (χ1v) is 8.59. The lowest BCUT2D eigenvalue weighted by atomic mass is 10.1. The van der Waals surface area contributed by atoms with Gasteiger partial charge in [0, 0.05) is 18.2 Å². The summed E-state index contributed by atoms with van der Waals surface area (Å²) in [5.74, 6) is -0.110. The van der Waals surface area contributed by atoms with Gasteiger partial charge in [-0.1, -0.05) is 36.4 Å². The standard InChI is InChI=1S/C20H22N2O6/c23-13-14-27-17-11-9-15(10-12-17)18(7-4-8-19(24)22-26)28-20(25)21-16-5-2-1-3-6-16/h1-6,8-12,18,23,26H,7,13-14H2,(H,21,25)(H,22,24)/b8-4+/t18-/m0/s1. The number of anilines is 1. The molecule has 0 aliphatic heterocycles. The van der Waals surface area contributed by atoms with Gasteiger partial charge in [0.15, 0.2) is 0 Å². The summed E-state index contributed by atoms with van der Waals surface area (Å²) in [6.45, 7) is 0.0859. The molecule has 0 unspecified atom stereocenters. The number of carbonyl (C=O) groups is 2. The van der Waals surface area contributed by atoms with Crippen LogP contribution in [0.15, 0.2) is 66.7 Å². The lowest BCUT2D eigenvalue weighted by Crippen LogP contribution is -2.18. The summed E-state index contributed by atoms with van der Waals surface area (Å²) in [5, 5.41) is 20.0. The first-order chi connectivity index (χ1) is 13.6. The molecule has 2 amide bonds. The van der Waals surface area contributed by atoms with Crippen molar-refractivity contribution in [1.82, 2.24) is 5.48 Å². The normalized spacial score (nSPS) is 11.6. The van der Waals surface area contributed by atoms with E-state index in [1.807, 2.05) is 6.07 Å². The van der Waals surface area contributed by atoms with Crippen molar-refractivity contribution in [2.75, 3.05) is 18.5 Å². The van der Waals surface area contributed by atoms with Crippen LogP contribution < -0.4 is 15.5 Å². The first-order valence-electron chi connectivity index (χ1n) is 8.59. The number of aliphatic hydroxyl groups is 1. The molecule has 0 radical (unpaired) electrons. The molecule has 0 saturated heterocycles. The highest BCUT2D eigenvalue weighted by Gasteiger charge is 2.16. The first kappa shape index (κ1) is 20.9. The molecule has 4 N–H and O–H groups in total. The summed E-state index contributed by atoms with van der Waals surface area (Å²) in [5.41, 5.74) is 2.78. The fourth-order valence-electron chi connectivity index (χ4n) is 2.33. The van der Waals surface area contributed by atoms with Crippen molar-refractivity contribution in [2.45, 2.75) is 12.5 Å². The number of hydrogen-bond donors (Lipinski definition) is 4. The van der Waals surface area contributed by atoms with Gasteiger partial charge in [-0.15, -0.1) is 0 Å². The number of benzene rings is 2. The Labute approximate surface area is 162 Å². The maximum atomic E-state index is 12.2. The highest BCUT2D eigenvalue weighted by atomic mass is 16.6. The van der Waals surface area contributed by atoms with Gasteiger partial charge in [-0.3, -0.25) is 15.3 Å². The Bertz CT molecular complexity index is 777. The van der Waals surface area contributed by atoms with E-state index in [4.69, 9.17) is 19.8 Å². The van der Waals surface area contributed by atoms with Crippen LogP contribution >= 0.6 is 0 Å². The third-order valence-corrected chi connectivity index (χ3v) is 3.61. The van der Waals surface area contributed by atoms with Crippen molar-refractivity contribution in [1.29, 1.82) is 0 Å². The number of hydroxylamine groups is 1. The van der Waals surface area contributed by atoms with E-state index < -0.39 is 18.1 Å². The third kappa shape index (κ3) is 7.10. The third-order valence-electron chi connectivity index (χ3n) is 3.61. The number of ether oxygens (including phenoxy) is 2. The van der Waals surface area contributed by atoms with Crippen LogP contribution in [0.1, 0.15) is 18.1 Å². The quantitative estimate of drug-likeness (QED) is 0.299. The van der Waals surface area contributed by atoms with Crippen LogP contribution in [-0.4, -0.2) is 35.5 Å². The highest BCUT2D eigenvalue weighted by Crippen LogP contribution is 2.25. The van der Waals surface area contributed by atoms with Crippen LogP contribution in [0.4, 0.5) is 10.5 Å². The van der Waals surface area contributed by atoms with Gasteiger partial charge in [-0.05, 0) is 29.8 Å². The number of carbonyl (C=O) groups excluding carboxylic acids is 2. The highest BCUT2D eigenvalue weighted by molar-refractivity contribution is 5.86. The topological polar surface area (TPSA) is 117 Å². The van der Waals surface area contributed by atoms with Crippen LogP contribution in [0.2, 0.25) is 0 Å². The van der Waals surface area contributed by atoms with Crippen LogP contribution in [0.3, 0.4) is 0 Å². The number of hydrogen-bond acceptors (Lipinski definition) is 6. The summed E-state index contributed by atoms with van der Waals surface area (Å²) in [6.07, 6.45) is 1.54. The minimum atomic E-state index is -0.680. The molecule has 0 spiro atoms. The minimum absolute atomic E-state index is 0.0924. The minimum Gasteiger partial charge on any atom is -0.491 e. The molecule has 148 valence electrons. The molecular weight excluding hydrogens is 364 g/mol. The molecule has 28 heavy (non-hydrogen) atoms. The van der Waals surface area contributed by atoms with Crippen molar-refractivity contribution < 1.29 is 29.4 Å². The van der Waals surface area contributed by atoms with Crippen molar-refractivity contribution in [3.63, 3.8) is 0 Å². The summed E-state index contributed by atoms with van der Waals surface area (Å²) < 4.78 is 10.8. The number of amides is 2. The van der Waals surface area contributed by atoms with Gasteiger partial charge < -0.3 is 14.6 Å². The zero-order chi connectivity index (χ0) is 20.2. The summed E-state index contributed by atoms with van der Waals surface area (Å²) >= 11 is 0. The molecule has 0 saturated carbocycles. The summed E-state index contributed by atoms with van der Waals surface area (Å²) in [6, 6.07) is 15.7. The Morgan fingerprint density at radius 3 is 2.43 bits per heavy atom. The predicted molar refractivity (Wildman–Crippen MR) is 102 cm³/mol. The van der Waals surface area contributed by atoms with Gasteiger partial charge in [-0.25, -0.2) is 10.3 Å². The second-order valence-corrected chi connectivity index (χ2v) is 5.64. The van der Waals surface area contributed by atoms with E-state index in [1.165, 1.54) is 11.6 Å². The Kier molecular flexibility index (Phi) is 8.51. The average molecular weight is 386 g/mol. The van der Waals surface area contributed by atoms with Gasteiger partial charge in [-0.2, -0.15) is 0 Å². The number of aliphatic hydroxyl groups excluding tert-OH is 1. The maximum absolute atomic E-state index is 12.2. The van der Waals surface area contributed by atoms with E-state index in [9.17, 15) is 9.59 Å². The lowest BCUT2D eigenvalue weighted by molar-refractivity contribution is -0.124. The summed E-state index contributed by atoms with van der Waals surface area (Å²) in [4.78, 5) is 23.4. The van der Waals surface area contributed by atoms with Gasteiger partial charge >= 0.3 is 6.09 Å². The zero-order valence-electron chi connectivity index (χ0n) is 15.1. The Balaban J connectivity index is 2.08. The second kappa shape index (κ2) is 11.4. The molecule has 0 heterocycles. The number of para-hydroxylation sites is 1. The van der Waals surface area contributed by atoms with E-state index in [2.05, 4.69) is 5.32 Å². The Morgan fingerprint density at radius 1 is 1.07 bits per heavy atom. The fourth-order valence-corrected chi connectivity index (χ4v) is 2.33. The summed E-state index contributed by atoms with van der Waals surface area (Å²) in [7, 11) is 0. The monoisotopic (exact) mass is 386 g/mol. The van der Waals surface area contributed by atoms with E-state index >= 15 is 0 Å². The van der Waals surface area contributed by atoms with Gasteiger partial charge in [0.1, 0.15) is 18.5 Å². The van der Waals surface area contributed by atoms with Crippen molar-refractivity contribution in [2.24, 2.45) is 0 Å². The largest absolute Gasteiger partial charge is 0.491 e. The molecular formula is C20H22N2O6. The Hall–Kier alpha value is -3.36. The second-order valence-electron chi connectivity index (χ2n) is 5.64. The molecule has 8 nitrogen and oxygen atoms in total. The van der Waals surface area contributed by atoms with Gasteiger partial charge in [0.05, 0.1) is 6.61 Å². The van der Waals surface area contributed by atoms with Crippen LogP contribution in [0.5, 0.6) is 5.75 Å². The zero-order valence-corrected chi connectivity index (χ0v) is 15.1. The molecule has 0 aromatic heterocycles.